The van der Waals surface area contributed by atoms with Crippen LogP contribution in [0.3, 0.4) is 0 Å². The Balaban J connectivity index is 0.00000180. The number of carbonyl (C=O) groups is 1. The predicted octanol–water partition coefficient (Wildman–Crippen LogP) is 1.40. The minimum atomic E-state index is -0.0275. The van der Waals surface area contributed by atoms with Crippen molar-refractivity contribution >= 4 is 41.8 Å². The molecule has 0 aliphatic rings. The van der Waals surface area contributed by atoms with Gasteiger partial charge in [-0.2, -0.15) is 5.10 Å². The van der Waals surface area contributed by atoms with E-state index in [4.69, 9.17) is 0 Å². The second kappa shape index (κ2) is 8.04. The van der Waals surface area contributed by atoms with E-state index in [0.29, 0.717) is 17.8 Å². The summed E-state index contributed by atoms with van der Waals surface area (Å²) in [6.45, 7) is 3.34. The third-order valence-electron chi connectivity index (χ3n) is 2.89. The Kier molecular flexibility index (Phi) is 7.49. The molecule has 112 valence electrons. The van der Waals surface area contributed by atoms with Crippen LogP contribution in [0, 0.1) is 6.92 Å². The SMILES string of the molecule is CNCCN(C)C(=O)c1cnc2n[nH]c(C)c2c1.Cl.Cl. The first-order chi connectivity index (χ1) is 8.63. The van der Waals surface area contributed by atoms with Gasteiger partial charge in [0, 0.05) is 37.4 Å². The molecular weight excluding hydrogens is 301 g/mol. The summed E-state index contributed by atoms with van der Waals surface area (Å²) in [5.74, 6) is -0.0275. The quantitative estimate of drug-likeness (QED) is 0.893. The summed E-state index contributed by atoms with van der Waals surface area (Å²) in [4.78, 5) is 18.0. The zero-order valence-corrected chi connectivity index (χ0v) is 13.3. The number of hydrogen-bond acceptors (Lipinski definition) is 4. The first-order valence-electron chi connectivity index (χ1n) is 5.84. The molecule has 0 fully saturated rings. The lowest BCUT2D eigenvalue weighted by Gasteiger charge is -2.16. The van der Waals surface area contributed by atoms with Crippen LogP contribution in [0.2, 0.25) is 0 Å². The van der Waals surface area contributed by atoms with E-state index in [1.807, 2.05) is 20.0 Å². The van der Waals surface area contributed by atoms with Gasteiger partial charge in [-0.15, -0.1) is 24.8 Å². The molecular formula is C12H19Cl2N5O. The van der Waals surface area contributed by atoms with E-state index in [1.54, 1.807) is 18.1 Å². The first kappa shape index (κ1) is 18.6. The van der Waals surface area contributed by atoms with Gasteiger partial charge < -0.3 is 10.2 Å². The van der Waals surface area contributed by atoms with Crippen LogP contribution in [0.1, 0.15) is 16.1 Å². The van der Waals surface area contributed by atoms with Crippen LogP contribution in [0.25, 0.3) is 11.0 Å². The van der Waals surface area contributed by atoms with Crippen molar-refractivity contribution < 1.29 is 4.79 Å². The molecule has 2 N–H and O–H groups in total. The Bertz CT molecular complexity index is 572. The Hall–Kier alpha value is -1.37. The molecule has 2 aromatic heterocycles. The van der Waals surface area contributed by atoms with E-state index in [1.165, 1.54) is 0 Å². The van der Waals surface area contributed by atoms with Crippen LogP contribution in [0.5, 0.6) is 0 Å². The Labute approximate surface area is 130 Å². The maximum atomic E-state index is 12.2. The second-order valence-electron chi connectivity index (χ2n) is 4.27. The zero-order valence-electron chi connectivity index (χ0n) is 11.6. The molecule has 2 rings (SSSR count). The summed E-state index contributed by atoms with van der Waals surface area (Å²) in [5, 5.41) is 10.8. The number of rotatable bonds is 4. The highest BCUT2D eigenvalue weighted by Gasteiger charge is 2.13. The molecule has 0 aromatic carbocycles. The number of aromatic nitrogens is 3. The van der Waals surface area contributed by atoms with Crippen LogP contribution >= 0.6 is 24.8 Å². The predicted molar refractivity (Wildman–Crippen MR) is 84.0 cm³/mol. The van der Waals surface area contributed by atoms with Gasteiger partial charge in [0.05, 0.1) is 5.56 Å². The van der Waals surface area contributed by atoms with Crippen LogP contribution < -0.4 is 5.32 Å². The van der Waals surface area contributed by atoms with Crippen molar-refractivity contribution in [2.75, 3.05) is 27.2 Å². The molecule has 20 heavy (non-hydrogen) atoms. The van der Waals surface area contributed by atoms with Crippen molar-refractivity contribution in [1.82, 2.24) is 25.4 Å². The van der Waals surface area contributed by atoms with Gasteiger partial charge in [0.1, 0.15) is 0 Å². The Morgan fingerprint density at radius 3 is 2.80 bits per heavy atom. The van der Waals surface area contributed by atoms with Crippen molar-refractivity contribution in [2.24, 2.45) is 0 Å². The van der Waals surface area contributed by atoms with Crippen molar-refractivity contribution in [3.63, 3.8) is 0 Å². The molecule has 2 heterocycles. The summed E-state index contributed by atoms with van der Waals surface area (Å²) in [5.41, 5.74) is 2.15. The standard InChI is InChI=1S/C12H17N5O.2ClH/c1-8-10-6-9(7-14-11(10)16-15-8)12(18)17(3)5-4-13-2;;/h6-7,13H,4-5H2,1-3H3,(H,14,15,16);2*1H. The van der Waals surface area contributed by atoms with Crippen molar-refractivity contribution in [3.8, 4) is 0 Å². The second-order valence-corrected chi connectivity index (χ2v) is 4.27. The Morgan fingerprint density at radius 2 is 2.15 bits per heavy atom. The van der Waals surface area contributed by atoms with Crippen LogP contribution in [0.4, 0.5) is 0 Å². The molecule has 0 spiro atoms. The average Bonchev–Trinajstić information content (AvgIpc) is 2.76. The lowest BCUT2D eigenvalue weighted by Crippen LogP contribution is -2.32. The summed E-state index contributed by atoms with van der Waals surface area (Å²) in [6.07, 6.45) is 1.57. The number of likely N-dealkylation sites (N-methyl/N-ethyl adjacent to an activating group) is 2. The van der Waals surface area contributed by atoms with Gasteiger partial charge in [0.2, 0.25) is 0 Å². The molecule has 0 radical (unpaired) electrons. The fourth-order valence-corrected chi connectivity index (χ4v) is 1.74. The smallest absolute Gasteiger partial charge is 0.255 e. The summed E-state index contributed by atoms with van der Waals surface area (Å²) < 4.78 is 0. The molecule has 2 aromatic rings. The van der Waals surface area contributed by atoms with E-state index < -0.39 is 0 Å². The van der Waals surface area contributed by atoms with Gasteiger partial charge >= 0.3 is 0 Å². The maximum absolute atomic E-state index is 12.2. The normalized spacial score (nSPS) is 9.75. The molecule has 0 aliphatic heterocycles. The number of H-pyrrole nitrogens is 1. The van der Waals surface area contributed by atoms with Crippen LogP contribution in [0.15, 0.2) is 12.3 Å². The van der Waals surface area contributed by atoms with E-state index in [0.717, 1.165) is 17.6 Å². The number of pyridine rings is 1. The molecule has 0 unspecified atom stereocenters. The van der Waals surface area contributed by atoms with Gasteiger partial charge in [-0.05, 0) is 20.0 Å². The van der Waals surface area contributed by atoms with E-state index in [9.17, 15) is 4.79 Å². The number of aryl methyl sites for hydroxylation is 1. The third kappa shape index (κ3) is 3.82. The van der Waals surface area contributed by atoms with Crippen molar-refractivity contribution in [3.05, 3.63) is 23.5 Å². The molecule has 0 saturated heterocycles. The molecule has 0 aliphatic carbocycles. The molecule has 1 amide bonds. The largest absolute Gasteiger partial charge is 0.340 e. The topological polar surface area (TPSA) is 73.9 Å². The van der Waals surface area contributed by atoms with E-state index in [2.05, 4.69) is 20.5 Å². The highest BCUT2D eigenvalue weighted by atomic mass is 35.5. The lowest BCUT2D eigenvalue weighted by molar-refractivity contribution is 0.0796. The summed E-state index contributed by atoms with van der Waals surface area (Å²) in [6, 6.07) is 1.83. The molecule has 0 bridgehead atoms. The molecule has 6 nitrogen and oxygen atoms in total. The number of nitrogens with one attached hydrogen (secondary N) is 2. The first-order valence-corrected chi connectivity index (χ1v) is 5.84. The summed E-state index contributed by atoms with van der Waals surface area (Å²) >= 11 is 0. The fraction of sp³-hybridized carbons (Fsp3) is 0.417. The molecule has 0 saturated carbocycles. The zero-order chi connectivity index (χ0) is 13.1. The van der Waals surface area contributed by atoms with E-state index >= 15 is 0 Å². The number of hydrogen-bond donors (Lipinski definition) is 2. The van der Waals surface area contributed by atoms with Crippen molar-refractivity contribution in [1.29, 1.82) is 0 Å². The highest BCUT2D eigenvalue weighted by Crippen LogP contribution is 2.15. The number of fused-ring (bicyclic) bond motifs is 1. The van der Waals surface area contributed by atoms with E-state index in [-0.39, 0.29) is 30.7 Å². The third-order valence-corrected chi connectivity index (χ3v) is 2.89. The number of amides is 1. The monoisotopic (exact) mass is 319 g/mol. The van der Waals surface area contributed by atoms with Gasteiger partial charge in [-0.25, -0.2) is 4.98 Å². The number of halogens is 2. The molecule has 0 atom stereocenters. The highest BCUT2D eigenvalue weighted by molar-refractivity contribution is 5.97. The van der Waals surface area contributed by atoms with Gasteiger partial charge in [-0.1, -0.05) is 0 Å². The number of aromatic amines is 1. The van der Waals surface area contributed by atoms with Gasteiger partial charge in [0.25, 0.3) is 5.91 Å². The van der Waals surface area contributed by atoms with Gasteiger partial charge in [-0.3, -0.25) is 9.89 Å². The number of carbonyl (C=O) groups excluding carboxylic acids is 1. The minimum Gasteiger partial charge on any atom is -0.340 e. The lowest BCUT2D eigenvalue weighted by atomic mass is 10.2. The molecule has 8 heteroatoms. The number of nitrogens with zero attached hydrogens (tertiary/aromatic N) is 3. The summed E-state index contributed by atoms with van der Waals surface area (Å²) in [7, 11) is 3.65. The Morgan fingerprint density at radius 1 is 1.45 bits per heavy atom. The minimum absolute atomic E-state index is 0. The van der Waals surface area contributed by atoms with Crippen molar-refractivity contribution in [2.45, 2.75) is 6.92 Å². The van der Waals surface area contributed by atoms with Crippen LogP contribution in [-0.4, -0.2) is 53.2 Å². The van der Waals surface area contributed by atoms with Gasteiger partial charge in [0.15, 0.2) is 5.65 Å². The fourth-order valence-electron chi connectivity index (χ4n) is 1.74. The van der Waals surface area contributed by atoms with Crippen LogP contribution in [-0.2, 0) is 0 Å². The average molecular weight is 320 g/mol. The maximum Gasteiger partial charge on any atom is 0.255 e.